The summed E-state index contributed by atoms with van der Waals surface area (Å²) in [6.45, 7) is 4.43. The van der Waals surface area contributed by atoms with Crippen LogP contribution in [0.5, 0.6) is 0 Å². The summed E-state index contributed by atoms with van der Waals surface area (Å²) in [5.41, 5.74) is 8.28. The van der Waals surface area contributed by atoms with Crippen molar-refractivity contribution in [3.05, 3.63) is 108 Å². The number of aryl methyl sites for hydroxylation is 2. The predicted molar refractivity (Wildman–Crippen MR) is 149 cm³/mol. The first-order valence-electron chi connectivity index (χ1n) is 12.6. The molecule has 4 nitrogen and oxygen atoms in total. The molecule has 0 spiro atoms. The van der Waals surface area contributed by atoms with Gasteiger partial charge in [-0.3, -0.25) is 4.40 Å². The first kappa shape index (κ1) is 20.9. The topological polar surface area (TPSA) is 35.1 Å². The molecule has 174 valence electrons. The molecule has 3 aromatic heterocycles. The molecule has 7 aromatic rings. The average Bonchev–Trinajstić information content (AvgIpc) is 3.52. The van der Waals surface area contributed by atoms with Crippen molar-refractivity contribution < 1.29 is 0 Å². The Hall–Kier alpha value is -4.44. The molecule has 0 aliphatic carbocycles. The van der Waals surface area contributed by atoms with E-state index in [1.807, 2.05) is 6.07 Å². The van der Waals surface area contributed by atoms with E-state index in [9.17, 15) is 0 Å². The lowest BCUT2D eigenvalue weighted by Crippen LogP contribution is -1.95. The number of benzene rings is 4. The van der Waals surface area contributed by atoms with E-state index in [0.717, 1.165) is 41.0 Å². The molecule has 3 heterocycles. The van der Waals surface area contributed by atoms with E-state index in [-0.39, 0.29) is 0 Å². The molecule has 0 saturated carbocycles. The second-order valence-corrected chi connectivity index (χ2v) is 9.41. The van der Waals surface area contributed by atoms with Crippen LogP contribution < -0.4 is 0 Å². The summed E-state index contributed by atoms with van der Waals surface area (Å²) in [7, 11) is 0. The van der Waals surface area contributed by atoms with Crippen LogP contribution in [0.1, 0.15) is 25.0 Å². The van der Waals surface area contributed by atoms with Crippen LogP contribution in [0.4, 0.5) is 0 Å². The third-order valence-corrected chi connectivity index (χ3v) is 7.39. The number of hydrogen-bond acceptors (Lipinski definition) is 2. The normalized spacial score (nSPS) is 11.8. The van der Waals surface area contributed by atoms with Gasteiger partial charge in [0.1, 0.15) is 0 Å². The summed E-state index contributed by atoms with van der Waals surface area (Å²) < 4.78 is 4.46. The monoisotopic (exact) mass is 466 g/mol. The maximum Gasteiger partial charge on any atom is 0.168 e. The fourth-order valence-electron chi connectivity index (χ4n) is 5.41. The summed E-state index contributed by atoms with van der Waals surface area (Å²) in [6.07, 6.45) is 4.13. The van der Waals surface area contributed by atoms with Crippen molar-refractivity contribution in [2.75, 3.05) is 0 Å². The van der Waals surface area contributed by atoms with Crippen molar-refractivity contribution in [3.8, 4) is 17.1 Å². The second kappa shape index (κ2) is 8.06. The van der Waals surface area contributed by atoms with Gasteiger partial charge in [-0.2, -0.15) is 0 Å². The SMILES string of the molecule is CCc1ccc2c(c1)c1cc(CC)ccc1n2-c1ccc(-c2nnc3c4ccccc4ccn23)cc1. The zero-order chi connectivity index (χ0) is 24.2. The molecule has 0 atom stereocenters. The molecule has 0 saturated heterocycles. The molecule has 4 heteroatoms. The maximum atomic E-state index is 4.55. The van der Waals surface area contributed by atoms with Crippen LogP contribution in [-0.4, -0.2) is 19.2 Å². The Morgan fingerprint density at radius 1 is 0.639 bits per heavy atom. The zero-order valence-electron chi connectivity index (χ0n) is 20.4. The van der Waals surface area contributed by atoms with Crippen LogP contribution in [0.15, 0.2) is 97.2 Å². The first-order valence-corrected chi connectivity index (χ1v) is 12.6. The Kier molecular flexibility index (Phi) is 4.68. The average molecular weight is 467 g/mol. The Bertz CT molecular complexity index is 1840. The van der Waals surface area contributed by atoms with E-state index in [1.165, 1.54) is 38.3 Å². The van der Waals surface area contributed by atoms with Crippen LogP contribution in [0, 0.1) is 0 Å². The van der Waals surface area contributed by atoms with E-state index in [4.69, 9.17) is 0 Å². The Morgan fingerprint density at radius 2 is 1.31 bits per heavy atom. The molecule has 0 fully saturated rings. The van der Waals surface area contributed by atoms with Gasteiger partial charge in [0.15, 0.2) is 11.5 Å². The van der Waals surface area contributed by atoms with E-state index in [1.54, 1.807) is 0 Å². The number of aromatic nitrogens is 4. The van der Waals surface area contributed by atoms with E-state index < -0.39 is 0 Å². The fourth-order valence-corrected chi connectivity index (χ4v) is 5.41. The van der Waals surface area contributed by atoms with Gasteiger partial charge in [0.2, 0.25) is 0 Å². The molecule has 0 unspecified atom stereocenters. The lowest BCUT2D eigenvalue weighted by Gasteiger charge is -2.09. The van der Waals surface area contributed by atoms with Gasteiger partial charge in [-0.25, -0.2) is 0 Å². The second-order valence-electron chi connectivity index (χ2n) is 9.41. The molecule has 0 N–H and O–H groups in total. The molecule has 4 aromatic carbocycles. The minimum Gasteiger partial charge on any atom is -0.309 e. The van der Waals surface area contributed by atoms with Crippen molar-refractivity contribution in [1.29, 1.82) is 0 Å². The van der Waals surface area contributed by atoms with Crippen molar-refractivity contribution in [1.82, 2.24) is 19.2 Å². The number of fused-ring (bicyclic) bond motifs is 6. The minimum absolute atomic E-state index is 0.852. The number of nitrogens with zero attached hydrogens (tertiary/aromatic N) is 4. The highest BCUT2D eigenvalue weighted by Crippen LogP contribution is 2.34. The zero-order valence-corrected chi connectivity index (χ0v) is 20.4. The maximum absolute atomic E-state index is 4.55. The summed E-state index contributed by atoms with van der Waals surface area (Å²) in [6, 6.07) is 32.9. The lowest BCUT2D eigenvalue weighted by molar-refractivity contribution is 1.11. The molecule has 0 bridgehead atoms. The minimum atomic E-state index is 0.852. The van der Waals surface area contributed by atoms with E-state index in [2.05, 4.69) is 124 Å². The lowest BCUT2D eigenvalue weighted by atomic mass is 10.1. The quantitative estimate of drug-likeness (QED) is 0.266. The van der Waals surface area contributed by atoms with Crippen LogP contribution >= 0.6 is 0 Å². The molecule has 0 aliphatic rings. The molecule has 7 rings (SSSR count). The molecule has 0 amide bonds. The van der Waals surface area contributed by atoms with Crippen LogP contribution in [0.2, 0.25) is 0 Å². The third-order valence-electron chi connectivity index (χ3n) is 7.39. The van der Waals surface area contributed by atoms with Crippen LogP contribution in [0.3, 0.4) is 0 Å². The van der Waals surface area contributed by atoms with Crippen LogP contribution in [-0.2, 0) is 12.8 Å². The van der Waals surface area contributed by atoms with Gasteiger partial charge in [0, 0.05) is 33.6 Å². The van der Waals surface area contributed by atoms with Gasteiger partial charge in [0.25, 0.3) is 0 Å². The van der Waals surface area contributed by atoms with E-state index >= 15 is 0 Å². The van der Waals surface area contributed by atoms with E-state index in [0.29, 0.717) is 0 Å². The highest BCUT2D eigenvalue weighted by Gasteiger charge is 2.15. The number of pyridine rings is 1. The molecular formula is C32H26N4. The Balaban J connectivity index is 1.39. The Morgan fingerprint density at radius 3 is 1.97 bits per heavy atom. The van der Waals surface area contributed by atoms with Gasteiger partial charge < -0.3 is 4.57 Å². The summed E-state index contributed by atoms with van der Waals surface area (Å²) in [5.74, 6) is 0.852. The molecule has 0 aliphatic heterocycles. The van der Waals surface area contributed by atoms with Gasteiger partial charge in [-0.05, 0) is 84.0 Å². The summed E-state index contributed by atoms with van der Waals surface area (Å²) in [4.78, 5) is 0. The van der Waals surface area contributed by atoms with Crippen molar-refractivity contribution in [2.45, 2.75) is 26.7 Å². The third kappa shape index (κ3) is 3.07. The Labute approximate surface area is 209 Å². The predicted octanol–water partition coefficient (Wildman–Crippen LogP) is 7.77. The van der Waals surface area contributed by atoms with Crippen molar-refractivity contribution in [2.24, 2.45) is 0 Å². The van der Waals surface area contributed by atoms with Crippen molar-refractivity contribution in [3.63, 3.8) is 0 Å². The largest absolute Gasteiger partial charge is 0.309 e. The highest BCUT2D eigenvalue weighted by molar-refractivity contribution is 6.09. The first-order chi connectivity index (χ1) is 17.7. The number of hydrogen-bond donors (Lipinski definition) is 0. The highest BCUT2D eigenvalue weighted by atomic mass is 15.2. The van der Waals surface area contributed by atoms with Crippen LogP contribution in [0.25, 0.3) is 55.3 Å². The van der Waals surface area contributed by atoms with Gasteiger partial charge >= 0.3 is 0 Å². The van der Waals surface area contributed by atoms with Gasteiger partial charge in [0.05, 0.1) is 11.0 Å². The molecule has 36 heavy (non-hydrogen) atoms. The summed E-state index contributed by atoms with van der Waals surface area (Å²) >= 11 is 0. The fraction of sp³-hybridized carbons (Fsp3) is 0.125. The standard InChI is InChI=1S/C32H26N4/c1-3-21-9-15-29-27(19-21)28-20-22(4-2)10-16-30(28)36(29)25-13-11-24(12-14-25)31-33-34-32-26-8-6-5-7-23(26)17-18-35(31)32/h5-20H,3-4H2,1-2H3. The molecule has 0 radical (unpaired) electrons. The van der Waals surface area contributed by atoms with Crippen molar-refractivity contribution >= 4 is 38.2 Å². The smallest absolute Gasteiger partial charge is 0.168 e. The van der Waals surface area contributed by atoms with Gasteiger partial charge in [-0.1, -0.05) is 50.2 Å². The number of rotatable bonds is 4. The summed E-state index contributed by atoms with van der Waals surface area (Å²) in [5, 5.41) is 14.0. The van der Waals surface area contributed by atoms with Gasteiger partial charge in [-0.15, -0.1) is 10.2 Å². The molecular weight excluding hydrogens is 440 g/mol.